The van der Waals surface area contributed by atoms with Gasteiger partial charge in [-0.2, -0.15) is 0 Å². The topological polar surface area (TPSA) is 87.8 Å². The van der Waals surface area contributed by atoms with Gasteiger partial charge < -0.3 is 20.9 Å². The maximum atomic E-state index is 13.6. The molecule has 1 aromatic rings. The quantitative estimate of drug-likeness (QED) is 0.709. The van der Waals surface area contributed by atoms with Crippen molar-refractivity contribution in [3.05, 3.63) is 23.5 Å². The Hall–Kier alpha value is -1.86. The molecule has 1 unspecified atom stereocenters. The summed E-state index contributed by atoms with van der Waals surface area (Å²) in [5.74, 6) is -2.14. The van der Waals surface area contributed by atoms with Crippen LogP contribution in [0, 0.1) is 5.82 Å². The van der Waals surface area contributed by atoms with Crippen molar-refractivity contribution in [2.24, 2.45) is 0 Å². The van der Waals surface area contributed by atoms with E-state index in [1.54, 1.807) is 0 Å². The van der Waals surface area contributed by atoms with Gasteiger partial charge in [0.1, 0.15) is 5.82 Å². The lowest BCUT2D eigenvalue weighted by atomic mass is 10.1. The minimum Gasteiger partial charge on any atom is -0.478 e. The van der Waals surface area contributed by atoms with E-state index in [2.05, 4.69) is 17.1 Å². The fourth-order valence-electron chi connectivity index (χ4n) is 2.32. The van der Waals surface area contributed by atoms with E-state index in [4.69, 9.17) is 15.6 Å². The first kappa shape index (κ1) is 15.5. The lowest BCUT2D eigenvalue weighted by molar-refractivity contribution is -0.0191. The average Bonchev–Trinajstić information content (AvgIpc) is 2.47. The molecular weight excluding hydrogens is 277 g/mol. The van der Waals surface area contributed by atoms with Gasteiger partial charge in [0.15, 0.2) is 0 Å². The largest absolute Gasteiger partial charge is 0.478 e. The van der Waals surface area contributed by atoms with Crippen LogP contribution in [-0.2, 0) is 4.74 Å². The number of benzene rings is 1. The maximum absolute atomic E-state index is 13.6. The number of carboxylic acid groups (broad SMARTS) is 1. The van der Waals surface area contributed by atoms with Crippen LogP contribution in [-0.4, -0.2) is 54.9 Å². The number of carbonyl (C=O) groups is 1. The number of nitrogens with one attached hydrogen (secondary N) is 1. The number of anilines is 2. The number of carboxylic acids is 1. The van der Waals surface area contributed by atoms with E-state index in [-0.39, 0.29) is 11.8 Å². The Morgan fingerprint density at radius 1 is 1.62 bits per heavy atom. The van der Waals surface area contributed by atoms with Crippen molar-refractivity contribution in [3.63, 3.8) is 0 Å². The predicted molar refractivity (Wildman–Crippen MR) is 78.1 cm³/mol. The van der Waals surface area contributed by atoms with E-state index >= 15 is 0 Å². The first-order valence-corrected chi connectivity index (χ1v) is 6.91. The smallest absolute Gasteiger partial charge is 0.338 e. The number of ether oxygens (including phenoxy) is 1. The molecule has 1 fully saturated rings. The van der Waals surface area contributed by atoms with Gasteiger partial charge in [-0.05, 0) is 18.7 Å². The van der Waals surface area contributed by atoms with Crippen LogP contribution in [0.1, 0.15) is 17.3 Å². The Bertz CT molecular complexity index is 524. The summed E-state index contributed by atoms with van der Waals surface area (Å²) in [4.78, 5) is 13.1. The molecule has 1 aromatic carbocycles. The molecule has 2 rings (SSSR count). The zero-order chi connectivity index (χ0) is 15.4. The molecule has 1 aliphatic rings. The summed E-state index contributed by atoms with van der Waals surface area (Å²) < 4.78 is 19.3. The lowest BCUT2D eigenvalue weighted by Crippen LogP contribution is -2.45. The van der Waals surface area contributed by atoms with E-state index in [0.29, 0.717) is 18.8 Å². The van der Waals surface area contributed by atoms with E-state index in [1.807, 2.05) is 0 Å². The molecule has 0 spiro atoms. The molecule has 21 heavy (non-hydrogen) atoms. The maximum Gasteiger partial charge on any atom is 0.338 e. The summed E-state index contributed by atoms with van der Waals surface area (Å²) in [5.41, 5.74) is 5.92. The number of hydrogen-bond acceptors (Lipinski definition) is 5. The summed E-state index contributed by atoms with van der Waals surface area (Å²) in [6, 6.07) is 2.24. The van der Waals surface area contributed by atoms with Crippen LogP contribution in [0.4, 0.5) is 15.8 Å². The van der Waals surface area contributed by atoms with E-state index in [9.17, 15) is 9.18 Å². The van der Waals surface area contributed by atoms with Crippen LogP contribution in [0.25, 0.3) is 0 Å². The number of aromatic carboxylic acids is 1. The molecule has 1 heterocycles. The molecule has 0 aliphatic carbocycles. The second kappa shape index (κ2) is 6.73. The molecule has 1 saturated heterocycles. The third kappa shape index (κ3) is 3.83. The van der Waals surface area contributed by atoms with Crippen LogP contribution in [0.15, 0.2) is 12.1 Å². The number of nitrogens with two attached hydrogens (primary N) is 1. The number of nitrogens with zero attached hydrogens (tertiary/aromatic N) is 1. The number of halogens is 1. The van der Waals surface area contributed by atoms with Crippen molar-refractivity contribution in [1.29, 1.82) is 0 Å². The Labute approximate surface area is 122 Å². The van der Waals surface area contributed by atoms with Gasteiger partial charge in [-0.15, -0.1) is 0 Å². The fraction of sp³-hybridized carbons (Fsp3) is 0.500. The molecule has 1 atom stereocenters. The summed E-state index contributed by atoms with van der Waals surface area (Å²) >= 11 is 0. The molecular formula is C14H20FN3O3. The third-order valence-electron chi connectivity index (χ3n) is 3.56. The van der Waals surface area contributed by atoms with Crippen LogP contribution in [0.2, 0.25) is 0 Å². The predicted octanol–water partition coefficient (Wildman–Crippen LogP) is 1.24. The third-order valence-corrected chi connectivity index (χ3v) is 3.56. The number of hydrogen-bond donors (Lipinski definition) is 3. The standard InChI is InChI=1S/C14H20FN3O3/c1-2-18-3-4-21-9(8-18)7-17-13-6-11(15)10(14(19)20)5-12(13)16/h5-6,9,17H,2-4,7-8,16H2,1H3,(H,19,20). The number of nitrogen functional groups attached to an aromatic ring is 1. The van der Waals surface area contributed by atoms with E-state index in [1.165, 1.54) is 0 Å². The SMILES string of the molecule is CCN1CCOC(CNc2cc(F)c(C(=O)O)cc2N)C1. The van der Waals surface area contributed by atoms with Crippen molar-refractivity contribution in [2.45, 2.75) is 13.0 Å². The molecule has 7 heteroatoms. The number of rotatable bonds is 5. The first-order chi connectivity index (χ1) is 10.0. The highest BCUT2D eigenvalue weighted by atomic mass is 19.1. The normalized spacial score (nSPS) is 19.4. The summed E-state index contributed by atoms with van der Waals surface area (Å²) in [5, 5.41) is 11.9. The van der Waals surface area contributed by atoms with Crippen LogP contribution in [0.5, 0.6) is 0 Å². The second-order valence-corrected chi connectivity index (χ2v) is 4.99. The van der Waals surface area contributed by atoms with Gasteiger partial charge in [0.05, 0.1) is 29.6 Å². The molecule has 6 nitrogen and oxygen atoms in total. The van der Waals surface area contributed by atoms with Crippen molar-refractivity contribution >= 4 is 17.3 Å². The molecule has 4 N–H and O–H groups in total. The number of morpholine rings is 1. The van der Waals surface area contributed by atoms with Gasteiger partial charge >= 0.3 is 5.97 Å². The zero-order valence-corrected chi connectivity index (χ0v) is 11.9. The van der Waals surface area contributed by atoms with Crippen molar-refractivity contribution in [2.75, 3.05) is 43.8 Å². The van der Waals surface area contributed by atoms with Gasteiger partial charge in [0.2, 0.25) is 0 Å². The van der Waals surface area contributed by atoms with Gasteiger partial charge in [-0.3, -0.25) is 4.90 Å². The minimum atomic E-state index is -1.33. The summed E-state index contributed by atoms with van der Waals surface area (Å²) in [7, 11) is 0. The Morgan fingerprint density at radius 3 is 3.05 bits per heavy atom. The molecule has 0 radical (unpaired) electrons. The second-order valence-electron chi connectivity index (χ2n) is 4.99. The highest BCUT2D eigenvalue weighted by Gasteiger charge is 2.20. The summed E-state index contributed by atoms with van der Waals surface area (Å²) in [6.45, 7) is 5.93. The summed E-state index contributed by atoms with van der Waals surface area (Å²) in [6.07, 6.45) is 0.000288. The lowest BCUT2D eigenvalue weighted by Gasteiger charge is -2.32. The highest BCUT2D eigenvalue weighted by Crippen LogP contribution is 2.23. The first-order valence-electron chi connectivity index (χ1n) is 6.91. The van der Waals surface area contributed by atoms with Crippen molar-refractivity contribution < 1.29 is 19.0 Å². The van der Waals surface area contributed by atoms with Crippen LogP contribution >= 0.6 is 0 Å². The Balaban J connectivity index is 2.00. The van der Waals surface area contributed by atoms with Crippen LogP contribution < -0.4 is 11.1 Å². The molecule has 1 aliphatic heterocycles. The highest BCUT2D eigenvalue weighted by molar-refractivity contribution is 5.90. The van der Waals surface area contributed by atoms with E-state index < -0.39 is 17.3 Å². The van der Waals surface area contributed by atoms with Gasteiger partial charge in [0, 0.05) is 19.6 Å². The Morgan fingerprint density at radius 2 is 2.38 bits per heavy atom. The zero-order valence-electron chi connectivity index (χ0n) is 11.9. The molecule has 0 aromatic heterocycles. The van der Waals surface area contributed by atoms with Gasteiger partial charge in [0.25, 0.3) is 0 Å². The van der Waals surface area contributed by atoms with E-state index in [0.717, 1.165) is 31.8 Å². The van der Waals surface area contributed by atoms with Crippen LogP contribution in [0.3, 0.4) is 0 Å². The minimum absolute atomic E-state index is 0.000288. The fourth-order valence-corrected chi connectivity index (χ4v) is 2.32. The number of likely N-dealkylation sites (N-methyl/N-ethyl adjacent to an activating group) is 1. The van der Waals surface area contributed by atoms with Gasteiger partial charge in [-0.1, -0.05) is 6.92 Å². The average molecular weight is 297 g/mol. The van der Waals surface area contributed by atoms with Gasteiger partial charge in [-0.25, -0.2) is 9.18 Å². The molecule has 0 bridgehead atoms. The monoisotopic (exact) mass is 297 g/mol. The molecule has 0 amide bonds. The molecule has 0 saturated carbocycles. The van der Waals surface area contributed by atoms with Crippen molar-refractivity contribution in [1.82, 2.24) is 4.90 Å². The Kier molecular flexibility index (Phi) is 4.98. The molecule has 116 valence electrons. The van der Waals surface area contributed by atoms with Crippen molar-refractivity contribution in [3.8, 4) is 0 Å².